The molecule has 20 heavy (non-hydrogen) atoms. The number of pyridine rings is 1. The van der Waals surface area contributed by atoms with Gasteiger partial charge in [0.2, 0.25) is 0 Å². The molecule has 7 heteroatoms. The van der Waals surface area contributed by atoms with E-state index in [-0.39, 0.29) is 24.6 Å². The molecule has 0 bridgehead atoms. The highest BCUT2D eigenvalue weighted by Crippen LogP contribution is 2.04. The third-order valence-corrected chi connectivity index (χ3v) is 2.08. The summed E-state index contributed by atoms with van der Waals surface area (Å²) in [6.45, 7) is 2.11. The van der Waals surface area contributed by atoms with Crippen molar-refractivity contribution in [3.05, 3.63) is 36.2 Å². The first-order chi connectivity index (χ1) is 9.67. The molecule has 0 aliphatic heterocycles. The average molecular weight is 275 g/mol. The summed E-state index contributed by atoms with van der Waals surface area (Å²) in [5, 5.41) is 0. The van der Waals surface area contributed by atoms with E-state index < -0.39 is 5.97 Å². The SMILES string of the molecule is CCOC(=O)/C(C=NC/C(N)=N/c1ccccn1)=C/N. The molecule has 0 atom stereocenters. The van der Waals surface area contributed by atoms with Gasteiger partial charge in [0.25, 0.3) is 0 Å². The number of aliphatic imine (C=N–C) groups is 2. The summed E-state index contributed by atoms with van der Waals surface area (Å²) >= 11 is 0. The Balaban J connectivity index is 2.59. The number of nitrogens with two attached hydrogens (primary N) is 2. The lowest BCUT2D eigenvalue weighted by atomic mass is 10.3. The van der Waals surface area contributed by atoms with Crippen LogP contribution in [0.2, 0.25) is 0 Å². The highest BCUT2D eigenvalue weighted by atomic mass is 16.5. The van der Waals surface area contributed by atoms with Crippen LogP contribution in [-0.4, -0.2) is 36.2 Å². The zero-order valence-corrected chi connectivity index (χ0v) is 11.2. The maximum atomic E-state index is 11.4. The van der Waals surface area contributed by atoms with Crippen LogP contribution in [0.3, 0.4) is 0 Å². The summed E-state index contributed by atoms with van der Waals surface area (Å²) in [4.78, 5) is 23.5. The van der Waals surface area contributed by atoms with Gasteiger partial charge in [-0.25, -0.2) is 14.8 Å². The van der Waals surface area contributed by atoms with Crippen molar-refractivity contribution in [1.29, 1.82) is 0 Å². The number of hydrogen-bond donors (Lipinski definition) is 2. The van der Waals surface area contributed by atoms with Gasteiger partial charge in [0.05, 0.1) is 18.7 Å². The fourth-order valence-electron chi connectivity index (χ4n) is 1.22. The minimum Gasteiger partial charge on any atom is -0.462 e. The van der Waals surface area contributed by atoms with Crippen LogP contribution in [0, 0.1) is 0 Å². The lowest BCUT2D eigenvalue weighted by Gasteiger charge is -2.00. The van der Waals surface area contributed by atoms with Crippen molar-refractivity contribution in [2.45, 2.75) is 6.92 Å². The molecule has 1 aromatic heterocycles. The second-order valence-electron chi connectivity index (χ2n) is 3.60. The Morgan fingerprint density at radius 2 is 2.30 bits per heavy atom. The molecule has 1 aromatic rings. The molecular weight excluding hydrogens is 258 g/mol. The van der Waals surface area contributed by atoms with Crippen LogP contribution in [0.1, 0.15) is 6.92 Å². The molecule has 0 saturated heterocycles. The van der Waals surface area contributed by atoms with Gasteiger partial charge in [-0.1, -0.05) is 6.07 Å². The highest BCUT2D eigenvalue weighted by Gasteiger charge is 2.06. The fourth-order valence-corrected chi connectivity index (χ4v) is 1.22. The first-order valence-corrected chi connectivity index (χ1v) is 6.00. The monoisotopic (exact) mass is 275 g/mol. The van der Waals surface area contributed by atoms with Crippen molar-refractivity contribution >= 4 is 23.8 Å². The Morgan fingerprint density at radius 1 is 1.50 bits per heavy atom. The molecule has 4 N–H and O–H groups in total. The third kappa shape index (κ3) is 5.30. The molecule has 1 heterocycles. The zero-order valence-electron chi connectivity index (χ0n) is 11.2. The fraction of sp³-hybridized carbons (Fsp3) is 0.231. The van der Waals surface area contributed by atoms with Gasteiger partial charge in [0.15, 0.2) is 5.82 Å². The Kier molecular flexibility index (Phi) is 6.46. The molecule has 0 spiro atoms. The van der Waals surface area contributed by atoms with E-state index in [9.17, 15) is 4.79 Å². The van der Waals surface area contributed by atoms with Crippen molar-refractivity contribution in [1.82, 2.24) is 4.98 Å². The summed E-state index contributed by atoms with van der Waals surface area (Å²) < 4.78 is 4.80. The molecule has 0 unspecified atom stereocenters. The van der Waals surface area contributed by atoms with Crippen LogP contribution in [0.15, 0.2) is 46.2 Å². The van der Waals surface area contributed by atoms with E-state index in [1.54, 1.807) is 31.3 Å². The van der Waals surface area contributed by atoms with Gasteiger partial charge in [0.1, 0.15) is 5.84 Å². The molecule has 0 aliphatic rings. The number of ether oxygens (including phenoxy) is 1. The normalized spacial score (nSPS) is 12.7. The third-order valence-electron chi connectivity index (χ3n) is 2.08. The van der Waals surface area contributed by atoms with E-state index in [1.807, 2.05) is 0 Å². The van der Waals surface area contributed by atoms with E-state index in [0.717, 1.165) is 6.20 Å². The van der Waals surface area contributed by atoms with Crippen LogP contribution in [0.25, 0.3) is 0 Å². The second-order valence-corrected chi connectivity index (χ2v) is 3.60. The molecule has 1 rings (SSSR count). The highest BCUT2D eigenvalue weighted by molar-refractivity contribution is 6.09. The number of esters is 1. The van der Waals surface area contributed by atoms with Gasteiger partial charge in [-0.15, -0.1) is 0 Å². The van der Waals surface area contributed by atoms with Gasteiger partial charge < -0.3 is 16.2 Å². The molecule has 0 radical (unpaired) electrons. The van der Waals surface area contributed by atoms with Crippen LogP contribution in [-0.2, 0) is 9.53 Å². The predicted molar refractivity (Wildman–Crippen MR) is 77.8 cm³/mol. The first-order valence-electron chi connectivity index (χ1n) is 6.00. The van der Waals surface area contributed by atoms with Crippen molar-refractivity contribution in [3.63, 3.8) is 0 Å². The molecule has 7 nitrogen and oxygen atoms in total. The predicted octanol–water partition coefficient (Wildman–Crippen LogP) is 0.547. The largest absolute Gasteiger partial charge is 0.462 e. The molecule has 0 fully saturated rings. The average Bonchev–Trinajstić information content (AvgIpc) is 2.45. The van der Waals surface area contributed by atoms with Crippen LogP contribution >= 0.6 is 0 Å². The number of nitrogens with zero attached hydrogens (tertiary/aromatic N) is 3. The van der Waals surface area contributed by atoms with Crippen molar-refractivity contribution in [2.75, 3.05) is 13.2 Å². The van der Waals surface area contributed by atoms with Crippen molar-refractivity contribution in [2.24, 2.45) is 21.5 Å². The van der Waals surface area contributed by atoms with E-state index >= 15 is 0 Å². The van der Waals surface area contributed by atoms with Crippen LogP contribution in [0.4, 0.5) is 5.82 Å². The smallest absolute Gasteiger partial charge is 0.341 e. The topological polar surface area (TPSA) is 116 Å². The Morgan fingerprint density at radius 3 is 2.90 bits per heavy atom. The first kappa shape index (κ1) is 15.4. The summed E-state index contributed by atoms with van der Waals surface area (Å²) in [5.41, 5.74) is 11.2. The molecule has 0 aliphatic carbocycles. The van der Waals surface area contributed by atoms with Gasteiger partial charge >= 0.3 is 5.97 Å². The van der Waals surface area contributed by atoms with E-state index in [1.165, 1.54) is 6.21 Å². The number of carbonyl (C=O) groups is 1. The van der Waals surface area contributed by atoms with Crippen molar-refractivity contribution < 1.29 is 9.53 Å². The van der Waals surface area contributed by atoms with Gasteiger partial charge in [-0.05, 0) is 19.1 Å². The van der Waals surface area contributed by atoms with Gasteiger partial charge in [-0.3, -0.25) is 4.99 Å². The number of carbonyl (C=O) groups excluding carboxylic acids is 1. The van der Waals surface area contributed by atoms with Crippen LogP contribution in [0.5, 0.6) is 0 Å². The lowest BCUT2D eigenvalue weighted by Crippen LogP contribution is -2.16. The maximum absolute atomic E-state index is 11.4. The molecule has 0 amide bonds. The van der Waals surface area contributed by atoms with Gasteiger partial charge in [-0.2, -0.15) is 0 Å². The minimum absolute atomic E-state index is 0.132. The van der Waals surface area contributed by atoms with E-state index in [4.69, 9.17) is 16.2 Å². The molecule has 106 valence electrons. The standard InChI is InChI=1S/C13H17N5O2/c1-2-20-13(19)10(7-14)8-16-9-11(15)18-12-5-3-4-6-17-12/h3-8H,2,9,14H2,1H3,(H2,15,17,18)/b10-7+,16-8?. The van der Waals surface area contributed by atoms with E-state index in [0.29, 0.717) is 5.82 Å². The minimum atomic E-state index is -0.529. The summed E-state index contributed by atoms with van der Waals surface area (Å²) in [7, 11) is 0. The summed E-state index contributed by atoms with van der Waals surface area (Å²) in [5.74, 6) is 0.249. The molecule has 0 aromatic carbocycles. The lowest BCUT2D eigenvalue weighted by molar-refractivity contribution is -0.137. The second kappa shape index (κ2) is 8.41. The number of aromatic nitrogens is 1. The molecule has 0 saturated carbocycles. The summed E-state index contributed by atoms with van der Waals surface area (Å²) in [6, 6.07) is 5.31. The zero-order chi connectivity index (χ0) is 14.8. The quantitative estimate of drug-likeness (QED) is 0.340. The number of amidine groups is 1. The Bertz CT molecular complexity index is 523. The summed E-state index contributed by atoms with van der Waals surface area (Å²) in [6.07, 6.45) is 4.05. The maximum Gasteiger partial charge on any atom is 0.341 e. The van der Waals surface area contributed by atoms with Crippen LogP contribution < -0.4 is 11.5 Å². The Labute approximate surface area is 117 Å². The van der Waals surface area contributed by atoms with Crippen molar-refractivity contribution in [3.8, 4) is 0 Å². The molecular formula is C13H17N5O2. The Hall–Kier alpha value is -2.70. The number of rotatable bonds is 6. The number of hydrogen-bond acceptors (Lipinski definition) is 6. The van der Waals surface area contributed by atoms with Gasteiger partial charge in [0, 0.05) is 18.6 Å². The van der Waals surface area contributed by atoms with E-state index in [2.05, 4.69) is 15.0 Å².